The molecule has 92 valence electrons. The summed E-state index contributed by atoms with van der Waals surface area (Å²) in [6, 6.07) is 8.72. The summed E-state index contributed by atoms with van der Waals surface area (Å²) in [5.74, 6) is 0. The van der Waals surface area contributed by atoms with Crippen molar-refractivity contribution in [1.82, 2.24) is 0 Å². The number of allylic oxidation sites excluding steroid dienone is 1. The molecule has 0 unspecified atom stereocenters. The Bertz CT molecular complexity index is 401. The molecule has 2 heteroatoms. The third-order valence-corrected chi connectivity index (χ3v) is 3.40. The number of hydrogen-bond acceptors (Lipinski definition) is 2. The monoisotopic (exact) mass is 230 g/mol. The Hall–Kier alpha value is -1.44. The van der Waals surface area contributed by atoms with Gasteiger partial charge < -0.3 is 9.80 Å². The lowest BCUT2D eigenvalue weighted by molar-refractivity contribution is 0.427. The molecule has 0 aromatic heterocycles. The van der Waals surface area contributed by atoms with Gasteiger partial charge in [0.1, 0.15) is 0 Å². The summed E-state index contributed by atoms with van der Waals surface area (Å²) in [6.07, 6.45) is 5.73. The molecule has 0 bridgehead atoms. The SMILES string of the molecule is CN(C)c1ccc(N2C=CC(C)(C)CC2)cc1. The molecule has 2 nitrogen and oxygen atoms in total. The van der Waals surface area contributed by atoms with Crippen molar-refractivity contribution in [2.45, 2.75) is 20.3 Å². The van der Waals surface area contributed by atoms with Crippen molar-refractivity contribution in [1.29, 1.82) is 0 Å². The minimum absolute atomic E-state index is 0.347. The summed E-state index contributed by atoms with van der Waals surface area (Å²) < 4.78 is 0. The van der Waals surface area contributed by atoms with Crippen molar-refractivity contribution in [2.24, 2.45) is 5.41 Å². The highest BCUT2D eigenvalue weighted by atomic mass is 15.1. The lowest BCUT2D eigenvalue weighted by Crippen LogP contribution is -2.28. The van der Waals surface area contributed by atoms with Gasteiger partial charge in [-0.25, -0.2) is 0 Å². The van der Waals surface area contributed by atoms with E-state index in [0.29, 0.717) is 5.41 Å². The number of rotatable bonds is 2. The average molecular weight is 230 g/mol. The van der Waals surface area contributed by atoms with Crippen LogP contribution in [-0.2, 0) is 0 Å². The van der Waals surface area contributed by atoms with E-state index in [1.165, 1.54) is 17.8 Å². The summed E-state index contributed by atoms with van der Waals surface area (Å²) in [5.41, 5.74) is 2.87. The molecule has 0 fully saturated rings. The summed E-state index contributed by atoms with van der Waals surface area (Å²) in [5, 5.41) is 0. The normalized spacial score (nSPS) is 18.2. The number of anilines is 2. The Labute approximate surface area is 105 Å². The molecule has 0 aliphatic carbocycles. The van der Waals surface area contributed by atoms with Crippen LogP contribution in [0.15, 0.2) is 36.5 Å². The predicted molar refractivity (Wildman–Crippen MR) is 75.7 cm³/mol. The topological polar surface area (TPSA) is 6.48 Å². The Kier molecular flexibility index (Phi) is 3.14. The highest BCUT2D eigenvalue weighted by molar-refractivity contribution is 5.57. The van der Waals surface area contributed by atoms with Crippen LogP contribution in [-0.4, -0.2) is 20.6 Å². The van der Waals surface area contributed by atoms with Crippen LogP contribution in [0.2, 0.25) is 0 Å². The standard InChI is InChI=1S/C15H22N2/c1-15(2)9-11-17(12-10-15)14-7-5-13(6-8-14)16(3)4/h5-9,11H,10,12H2,1-4H3. The molecule has 0 radical (unpaired) electrons. The molecule has 0 N–H and O–H groups in total. The third-order valence-electron chi connectivity index (χ3n) is 3.40. The smallest absolute Gasteiger partial charge is 0.0407 e. The van der Waals surface area contributed by atoms with Crippen LogP contribution >= 0.6 is 0 Å². The zero-order valence-corrected chi connectivity index (χ0v) is 11.3. The van der Waals surface area contributed by atoms with E-state index in [9.17, 15) is 0 Å². The van der Waals surface area contributed by atoms with E-state index < -0.39 is 0 Å². The van der Waals surface area contributed by atoms with Crippen LogP contribution in [0.3, 0.4) is 0 Å². The van der Waals surface area contributed by atoms with Crippen LogP contribution in [0, 0.1) is 5.41 Å². The maximum Gasteiger partial charge on any atom is 0.0407 e. The maximum absolute atomic E-state index is 2.32. The van der Waals surface area contributed by atoms with E-state index in [2.05, 4.69) is 74.3 Å². The van der Waals surface area contributed by atoms with E-state index in [-0.39, 0.29) is 0 Å². The predicted octanol–water partition coefficient (Wildman–Crippen LogP) is 3.50. The fourth-order valence-corrected chi connectivity index (χ4v) is 2.02. The van der Waals surface area contributed by atoms with Gasteiger partial charge in [-0.05, 0) is 36.1 Å². The zero-order chi connectivity index (χ0) is 12.5. The Morgan fingerprint density at radius 3 is 2.24 bits per heavy atom. The van der Waals surface area contributed by atoms with Gasteiger partial charge in [0.25, 0.3) is 0 Å². The molecule has 0 atom stereocenters. The molecule has 1 heterocycles. The van der Waals surface area contributed by atoms with Crippen molar-refractivity contribution in [2.75, 3.05) is 30.4 Å². The van der Waals surface area contributed by atoms with Crippen molar-refractivity contribution in [3.8, 4) is 0 Å². The summed E-state index contributed by atoms with van der Waals surface area (Å²) in [4.78, 5) is 4.45. The number of benzene rings is 1. The van der Waals surface area contributed by atoms with Crippen LogP contribution in [0.1, 0.15) is 20.3 Å². The summed E-state index contributed by atoms with van der Waals surface area (Å²) >= 11 is 0. The van der Waals surface area contributed by atoms with Gasteiger partial charge in [-0.3, -0.25) is 0 Å². The quantitative estimate of drug-likeness (QED) is 0.767. The molecular weight excluding hydrogens is 208 g/mol. The third kappa shape index (κ3) is 2.82. The van der Waals surface area contributed by atoms with Gasteiger partial charge >= 0.3 is 0 Å². The molecule has 0 saturated carbocycles. The van der Waals surface area contributed by atoms with Gasteiger partial charge in [0.15, 0.2) is 0 Å². The van der Waals surface area contributed by atoms with Crippen molar-refractivity contribution in [3.05, 3.63) is 36.5 Å². The van der Waals surface area contributed by atoms with E-state index in [1.807, 2.05) is 0 Å². The van der Waals surface area contributed by atoms with Gasteiger partial charge in [-0.2, -0.15) is 0 Å². The van der Waals surface area contributed by atoms with E-state index in [0.717, 1.165) is 6.54 Å². The molecule has 1 aliphatic heterocycles. The highest BCUT2D eigenvalue weighted by Crippen LogP contribution is 2.30. The molecule has 0 saturated heterocycles. The maximum atomic E-state index is 2.32. The van der Waals surface area contributed by atoms with E-state index in [4.69, 9.17) is 0 Å². The lowest BCUT2D eigenvalue weighted by atomic mass is 9.87. The van der Waals surface area contributed by atoms with Gasteiger partial charge in [0, 0.05) is 38.2 Å². The van der Waals surface area contributed by atoms with Gasteiger partial charge in [-0.1, -0.05) is 19.9 Å². The lowest BCUT2D eigenvalue weighted by Gasteiger charge is -2.32. The fourth-order valence-electron chi connectivity index (χ4n) is 2.02. The Balaban J connectivity index is 2.14. The molecule has 1 aliphatic rings. The van der Waals surface area contributed by atoms with Crippen molar-refractivity contribution < 1.29 is 0 Å². The second kappa shape index (κ2) is 4.44. The molecule has 1 aromatic carbocycles. The average Bonchev–Trinajstić information content (AvgIpc) is 2.29. The van der Waals surface area contributed by atoms with Crippen LogP contribution in [0.25, 0.3) is 0 Å². The summed E-state index contributed by atoms with van der Waals surface area (Å²) in [7, 11) is 4.14. The molecule has 0 spiro atoms. The Morgan fingerprint density at radius 1 is 1.12 bits per heavy atom. The molecule has 2 rings (SSSR count). The van der Waals surface area contributed by atoms with Gasteiger partial charge in [0.2, 0.25) is 0 Å². The second-order valence-electron chi connectivity index (χ2n) is 5.66. The highest BCUT2D eigenvalue weighted by Gasteiger charge is 2.20. The number of nitrogens with zero attached hydrogens (tertiary/aromatic N) is 2. The van der Waals surface area contributed by atoms with Crippen LogP contribution in [0.5, 0.6) is 0 Å². The van der Waals surface area contributed by atoms with E-state index >= 15 is 0 Å². The first kappa shape index (κ1) is 12.0. The fraction of sp³-hybridized carbons (Fsp3) is 0.467. The number of hydrogen-bond donors (Lipinski definition) is 0. The van der Waals surface area contributed by atoms with Crippen molar-refractivity contribution in [3.63, 3.8) is 0 Å². The van der Waals surface area contributed by atoms with E-state index in [1.54, 1.807) is 0 Å². The van der Waals surface area contributed by atoms with Gasteiger partial charge in [0.05, 0.1) is 0 Å². The summed E-state index contributed by atoms with van der Waals surface area (Å²) in [6.45, 7) is 5.68. The molecule has 17 heavy (non-hydrogen) atoms. The molecule has 1 aromatic rings. The largest absolute Gasteiger partial charge is 0.378 e. The first-order valence-electron chi connectivity index (χ1n) is 6.21. The molecule has 0 amide bonds. The second-order valence-corrected chi connectivity index (χ2v) is 5.66. The van der Waals surface area contributed by atoms with Crippen molar-refractivity contribution >= 4 is 11.4 Å². The molecular formula is C15H22N2. The van der Waals surface area contributed by atoms with Crippen LogP contribution in [0.4, 0.5) is 11.4 Å². The minimum atomic E-state index is 0.347. The first-order valence-corrected chi connectivity index (χ1v) is 6.21. The van der Waals surface area contributed by atoms with Gasteiger partial charge in [-0.15, -0.1) is 0 Å². The van der Waals surface area contributed by atoms with Crippen LogP contribution < -0.4 is 9.80 Å². The minimum Gasteiger partial charge on any atom is -0.378 e. The Morgan fingerprint density at radius 2 is 1.76 bits per heavy atom. The first-order chi connectivity index (χ1) is 7.98. The zero-order valence-electron chi connectivity index (χ0n) is 11.3.